The standard InChI is InChI=1S/C21H28N2O/c1-3-17-15-23(21(24)4-2)12-11-20(17)22-14-16-9-10-18-7-5-6-8-19(18)13-16/h5-10,13,17,20,22H,3-4,11-12,14-15H2,1-2H3/t17-,20-/m1/s1. The van der Waals surface area contributed by atoms with Crippen molar-refractivity contribution in [2.75, 3.05) is 13.1 Å². The van der Waals surface area contributed by atoms with E-state index in [1.165, 1.54) is 16.3 Å². The van der Waals surface area contributed by atoms with Crippen LogP contribution in [0.25, 0.3) is 10.8 Å². The predicted molar refractivity (Wildman–Crippen MR) is 99.8 cm³/mol. The number of likely N-dealkylation sites (tertiary alicyclic amines) is 1. The van der Waals surface area contributed by atoms with Gasteiger partial charge in [-0.3, -0.25) is 4.79 Å². The van der Waals surface area contributed by atoms with Crippen LogP contribution in [0.1, 0.15) is 38.7 Å². The SMILES string of the molecule is CCC(=O)N1CC[C@@H](NCc2ccc3ccccc3c2)[C@H](CC)C1. The Balaban J connectivity index is 1.61. The summed E-state index contributed by atoms with van der Waals surface area (Å²) in [5, 5.41) is 6.33. The minimum atomic E-state index is 0.293. The summed E-state index contributed by atoms with van der Waals surface area (Å²) in [5.41, 5.74) is 1.33. The first-order valence-electron chi connectivity index (χ1n) is 9.20. The maximum absolute atomic E-state index is 11.9. The van der Waals surface area contributed by atoms with Crippen molar-refractivity contribution in [2.45, 2.75) is 45.7 Å². The molecule has 3 rings (SSSR count). The fourth-order valence-corrected chi connectivity index (χ4v) is 3.76. The molecule has 1 aliphatic rings. The van der Waals surface area contributed by atoms with Crippen LogP contribution in [-0.4, -0.2) is 29.9 Å². The molecule has 1 fully saturated rings. The lowest BCUT2D eigenvalue weighted by atomic mass is 9.89. The second kappa shape index (κ2) is 7.80. The van der Waals surface area contributed by atoms with E-state index in [0.29, 0.717) is 24.3 Å². The summed E-state index contributed by atoms with van der Waals surface area (Å²) in [4.78, 5) is 14.0. The van der Waals surface area contributed by atoms with Crippen molar-refractivity contribution in [1.82, 2.24) is 10.2 Å². The van der Waals surface area contributed by atoms with Crippen LogP contribution < -0.4 is 5.32 Å². The van der Waals surface area contributed by atoms with E-state index in [1.807, 2.05) is 11.8 Å². The molecule has 1 heterocycles. The molecule has 0 spiro atoms. The van der Waals surface area contributed by atoms with Crippen molar-refractivity contribution in [3.63, 3.8) is 0 Å². The normalized spacial score (nSPS) is 21.2. The Morgan fingerprint density at radius 2 is 1.96 bits per heavy atom. The lowest BCUT2D eigenvalue weighted by Gasteiger charge is -2.38. The molecule has 0 bridgehead atoms. The first kappa shape index (κ1) is 17.0. The molecule has 0 aliphatic carbocycles. The van der Waals surface area contributed by atoms with E-state index in [1.54, 1.807) is 0 Å². The van der Waals surface area contributed by atoms with Crippen molar-refractivity contribution in [3.05, 3.63) is 48.0 Å². The minimum absolute atomic E-state index is 0.293. The number of nitrogens with zero attached hydrogens (tertiary/aromatic N) is 1. The Morgan fingerprint density at radius 3 is 2.71 bits per heavy atom. The van der Waals surface area contributed by atoms with E-state index in [0.717, 1.165) is 32.5 Å². The third-order valence-corrected chi connectivity index (χ3v) is 5.30. The van der Waals surface area contributed by atoms with Crippen molar-refractivity contribution < 1.29 is 4.79 Å². The molecule has 24 heavy (non-hydrogen) atoms. The molecule has 2 aromatic carbocycles. The number of carbonyl (C=O) groups is 1. The minimum Gasteiger partial charge on any atom is -0.342 e. The number of benzene rings is 2. The van der Waals surface area contributed by atoms with Gasteiger partial charge in [0, 0.05) is 32.1 Å². The largest absolute Gasteiger partial charge is 0.342 e. The Bertz CT molecular complexity index is 697. The number of hydrogen-bond donors (Lipinski definition) is 1. The third-order valence-electron chi connectivity index (χ3n) is 5.30. The van der Waals surface area contributed by atoms with Crippen LogP contribution in [0, 0.1) is 5.92 Å². The fraction of sp³-hybridized carbons (Fsp3) is 0.476. The highest BCUT2D eigenvalue weighted by Crippen LogP contribution is 2.22. The molecular formula is C21H28N2O. The van der Waals surface area contributed by atoms with Gasteiger partial charge < -0.3 is 10.2 Å². The molecule has 0 saturated carbocycles. The van der Waals surface area contributed by atoms with E-state index in [-0.39, 0.29) is 0 Å². The maximum Gasteiger partial charge on any atom is 0.222 e. The average Bonchev–Trinajstić information content (AvgIpc) is 2.65. The van der Waals surface area contributed by atoms with Crippen LogP contribution >= 0.6 is 0 Å². The Kier molecular flexibility index (Phi) is 5.52. The zero-order valence-electron chi connectivity index (χ0n) is 14.8. The van der Waals surface area contributed by atoms with Crippen molar-refractivity contribution in [2.24, 2.45) is 5.92 Å². The van der Waals surface area contributed by atoms with Gasteiger partial charge in [0.15, 0.2) is 0 Å². The fourth-order valence-electron chi connectivity index (χ4n) is 3.76. The average molecular weight is 324 g/mol. The Hall–Kier alpha value is -1.87. The lowest BCUT2D eigenvalue weighted by molar-refractivity contribution is -0.133. The van der Waals surface area contributed by atoms with Crippen molar-refractivity contribution >= 4 is 16.7 Å². The molecule has 0 radical (unpaired) electrons. The number of nitrogens with one attached hydrogen (secondary N) is 1. The number of amides is 1. The highest BCUT2D eigenvalue weighted by molar-refractivity contribution is 5.83. The van der Waals surface area contributed by atoms with Crippen LogP contribution in [0.2, 0.25) is 0 Å². The van der Waals surface area contributed by atoms with Crippen LogP contribution in [0.5, 0.6) is 0 Å². The van der Waals surface area contributed by atoms with Gasteiger partial charge in [0.25, 0.3) is 0 Å². The van der Waals surface area contributed by atoms with E-state index >= 15 is 0 Å². The van der Waals surface area contributed by atoms with Gasteiger partial charge in [-0.15, -0.1) is 0 Å². The second-order valence-electron chi connectivity index (χ2n) is 6.82. The van der Waals surface area contributed by atoms with Gasteiger partial charge in [-0.1, -0.05) is 56.7 Å². The van der Waals surface area contributed by atoms with Gasteiger partial charge in [0.05, 0.1) is 0 Å². The smallest absolute Gasteiger partial charge is 0.222 e. The summed E-state index contributed by atoms with van der Waals surface area (Å²) in [7, 11) is 0. The summed E-state index contributed by atoms with van der Waals surface area (Å²) >= 11 is 0. The molecule has 0 unspecified atom stereocenters. The molecule has 1 N–H and O–H groups in total. The monoisotopic (exact) mass is 324 g/mol. The summed E-state index contributed by atoms with van der Waals surface area (Å²) in [6, 6.07) is 15.7. The number of piperidine rings is 1. The summed E-state index contributed by atoms with van der Waals surface area (Å²) in [6.07, 6.45) is 2.78. The molecule has 1 aliphatic heterocycles. The molecule has 128 valence electrons. The summed E-state index contributed by atoms with van der Waals surface area (Å²) in [6.45, 7) is 6.87. The molecule has 0 aromatic heterocycles. The molecule has 2 atom stereocenters. The molecule has 2 aromatic rings. The Morgan fingerprint density at radius 1 is 1.17 bits per heavy atom. The van der Waals surface area contributed by atoms with E-state index in [9.17, 15) is 4.79 Å². The van der Waals surface area contributed by atoms with Crippen LogP contribution in [-0.2, 0) is 11.3 Å². The molecular weight excluding hydrogens is 296 g/mol. The number of carbonyl (C=O) groups excluding carboxylic acids is 1. The van der Waals surface area contributed by atoms with E-state index in [2.05, 4.69) is 54.7 Å². The highest BCUT2D eigenvalue weighted by Gasteiger charge is 2.29. The molecule has 3 nitrogen and oxygen atoms in total. The predicted octanol–water partition coefficient (Wildman–Crippen LogP) is 3.97. The zero-order chi connectivity index (χ0) is 16.9. The van der Waals surface area contributed by atoms with Crippen LogP contribution in [0.15, 0.2) is 42.5 Å². The van der Waals surface area contributed by atoms with Gasteiger partial charge in [0.2, 0.25) is 5.91 Å². The number of fused-ring (bicyclic) bond motifs is 1. The first-order chi connectivity index (χ1) is 11.7. The highest BCUT2D eigenvalue weighted by atomic mass is 16.2. The Labute approximate surface area is 145 Å². The van der Waals surface area contributed by atoms with Crippen molar-refractivity contribution in [3.8, 4) is 0 Å². The van der Waals surface area contributed by atoms with Crippen molar-refractivity contribution in [1.29, 1.82) is 0 Å². The first-order valence-corrected chi connectivity index (χ1v) is 9.20. The van der Waals surface area contributed by atoms with E-state index in [4.69, 9.17) is 0 Å². The maximum atomic E-state index is 11.9. The molecule has 3 heteroatoms. The van der Waals surface area contributed by atoms with Crippen LogP contribution in [0.3, 0.4) is 0 Å². The topological polar surface area (TPSA) is 32.3 Å². The van der Waals surface area contributed by atoms with Gasteiger partial charge in [-0.25, -0.2) is 0 Å². The van der Waals surface area contributed by atoms with Gasteiger partial charge in [-0.2, -0.15) is 0 Å². The number of rotatable bonds is 5. The lowest BCUT2D eigenvalue weighted by Crippen LogP contribution is -2.50. The van der Waals surface area contributed by atoms with Gasteiger partial charge >= 0.3 is 0 Å². The van der Waals surface area contributed by atoms with Gasteiger partial charge in [0.1, 0.15) is 0 Å². The quantitative estimate of drug-likeness (QED) is 0.902. The molecule has 1 saturated heterocycles. The number of hydrogen-bond acceptors (Lipinski definition) is 2. The molecule has 1 amide bonds. The van der Waals surface area contributed by atoms with Crippen LogP contribution in [0.4, 0.5) is 0 Å². The summed E-state index contributed by atoms with van der Waals surface area (Å²) < 4.78 is 0. The third kappa shape index (κ3) is 3.78. The zero-order valence-corrected chi connectivity index (χ0v) is 14.8. The van der Waals surface area contributed by atoms with Gasteiger partial charge in [-0.05, 0) is 34.7 Å². The summed E-state index contributed by atoms with van der Waals surface area (Å²) in [5.74, 6) is 0.844. The second-order valence-corrected chi connectivity index (χ2v) is 6.82. The van der Waals surface area contributed by atoms with E-state index < -0.39 is 0 Å².